The fourth-order valence-corrected chi connectivity index (χ4v) is 4.11. The molecule has 2 heterocycles. The van der Waals surface area contributed by atoms with Crippen LogP contribution in [0.1, 0.15) is 0 Å². The number of para-hydroxylation sites is 1. The van der Waals surface area contributed by atoms with Gasteiger partial charge in [0.25, 0.3) is 0 Å². The molecule has 1 aromatic heterocycles. The van der Waals surface area contributed by atoms with E-state index in [9.17, 15) is 0 Å². The number of rotatable bonds is 2. The third kappa shape index (κ3) is 1.93. The Bertz CT molecular complexity index is 790. The summed E-state index contributed by atoms with van der Waals surface area (Å²) in [5, 5.41) is 2.57. The lowest BCUT2D eigenvalue weighted by Crippen LogP contribution is -2.03. The van der Waals surface area contributed by atoms with Crippen LogP contribution in [0.2, 0.25) is 0 Å². The quantitative estimate of drug-likeness (QED) is 0.588. The summed E-state index contributed by atoms with van der Waals surface area (Å²) in [7, 11) is 0. The van der Waals surface area contributed by atoms with E-state index < -0.39 is 0 Å². The summed E-state index contributed by atoms with van der Waals surface area (Å²) < 4.78 is 9.97. The van der Waals surface area contributed by atoms with E-state index in [0.717, 1.165) is 22.1 Å². The van der Waals surface area contributed by atoms with Crippen LogP contribution in [-0.2, 0) is 11.3 Å². The van der Waals surface area contributed by atoms with Gasteiger partial charge in [0, 0.05) is 25.2 Å². The normalized spacial score (nSPS) is 18.3. The van der Waals surface area contributed by atoms with Gasteiger partial charge >= 0.3 is 0 Å². The molecule has 1 saturated heterocycles. The number of epoxide rings is 1. The second kappa shape index (κ2) is 4.33. The van der Waals surface area contributed by atoms with Gasteiger partial charge in [-0.1, -0.05) is 34.1 Å². The molecule has 1 aliphatic rings. The number of ether oxygens (including phenoxy) is 1. The number of aromatic nitrogens is 1. The van der Waals surface area contributed by atoms with Crippen molar-refractivity contribution in [2.75, 3.05) is 6.61 Å². The van der Waals surface area contributed by atoms with E-state index in [2.05, 4.69) is 72.8 Å². The summed E-state index contributed by atoms with van der Waals surface area (Å²) in [5.74, 6) is 0. The van der Waals surface area contributed by atoms with Gasteiger partial charge in [-0.25, -0.2) is 0 Å². The smallest absolute Gasteiger partial charge is 0.0988 e. The van der Waals surface area contributed by atoms with Crippen molar-refractivity contribution in [3.05, 3.63) is 45.3 Å². The molecule has 4 rings (SSSR count). The van der Waals surface area contributed by atoms with Crippen molar-refractivity contribution in [3.63, 3.8) is 0 Å². The zero-order valence-electron chi connectivity index (χ0n) is 10.1. The highest BCUT2D eigenvalue weighted by molar-refractivity contribution is 9.11. The number of nitrogens with zero attached hydrogens (tertiary/aromatic N) is 1. The highest BCUT2D eigenvalue weighted by Crippen LogP contribution is 2.36. The Balaban J connectivity index is 2.14. The maximum Gasteiger partial charge on any atom is 0.0988 e. The molecule has 0 saturated carbocycles. The second-order valence-electron chi connectivity index (χ2n) is 4.87. The summed E-state index contributed by atoms with van der Waals surface area (Å²) in [6.07, 6.45) is 0.370. The van der Waals surface area contributed by atoms with Gasteiger partial charge in [0.1, 0.15) is 0 Å². The largest absolute Gasteiger partial charge is 0.371 e. The number of fused-ring (bicyclic) bond motifs is 3. The van der Waals surface area contributed by atoms with Crippen LogP contribution in [0.3, 0.4) is 0 Å². The molecule has 0 N–H and O–H groups in total. The van der Waals surface area contributed by atoms with E-state index in [-0.39, 0.29) is 0 Å². The van der Waals surface area contributed by atoms with Gasteiger partial charge in [-0.3, -0.25) is 0 Å². The lowest BCUT2D eigenvalue weighted by molar-refractivity contribution is 0.387. The molecule has 96 valence electrons. The Morgan fingerprint density at radius 1 is 1.16 bits per heavy atom. The summed E-state index contributed by atoms with van der Waals surface area (Å²) in [5.41, 5.74) is 2.52. The minimum absolute atomic E-state index is 0.370. The Morgan fingerprint density at radius 3 is 2.74 bits per heavy atom. The van der Waals surface area contributed by atoms with Gasteiger partial charge in [-0.15, -0.1) is 0 Å². The van der Waals surface area contributed by atoms with Crippen molar-refractivity contribution in [2.45, 2.75) is 12.6 Å². The number of hydrogen-bond acceptors (Lipinski definition) is 1. The highest BCUT2D eigenvalue weighted by atomic mass is 79.9. The molecule has 0 bridgehead atoms. The standard InChI is InChI=1S/C15H11Br2NO/c16-9-5-12-11-3-1-2-4-14(11)18(7-10-8-19-10)15(12)13(17)6-9/h1-6,10H,7-8H2. The summed E-state index contributed by atoms with van der Waals surface area (Å²) in [4.78, 5) is 0. The maximum absolute atomic E-state index is 5.40. The predicted octanol–water partition coefficient (Wildman–Crippen LogP) is 4.72. The fraction of sp³-hybridized carbons (Fsp3) is 0.200. The van der Waals surface area contributed by atoms with Gasteiger partial charge in [0.15, 0.2) is 0 Å². The molecule has 1 atom stereocenters. The lowest BCUT2D eigenvalue weighted by atomic mass is 10.2. The molecule has 3 aromatic rings. The highest BCUT2D eigenvalue weighted by Gasteiger charge is 2.25. The fourth-order valence-electron chi connectivity index (χ4n) is 2.67. The molecule has 1 unspecified atom stereocenters. The molecule has 0 radical (unpaired) electrons. The first-order chi connectivity index (χ1) is 9.24. The van der Waals surface area contributed by atoms with Crippen molar-refractivity contribution in [1.29, 1.82) is 0 Å². The molecule has 0 aliphatic carbocycles. The Morgan fingerprint density at radius 2 is 1.95 bits per heavy atom. The van der Waals surface area contributed by atoms with Crippen LogP contribution in [0.15, 0.2) is 45.3 Å². The monoisotopic (exact) mass is 379 g/mol. The first kappa shape index (κ1) is 11.9. The molecular weight excluding hydrogens is 370 g/mol. The van der Waals surface area contributed by atoms with Gasteiger partial charge in [-0.2, -0.15) is 0 Å². The summed E-state index contributed by atoms with van der Waals surface area (Å²) >= 11 is 7.27. The van der Waals surface area contributed by atoms with E-state index in [1.165, 1.54) is 21.8 Å². The predicted molar refractivity (Wildman–Crippen MR) is 84.6 cm³/mol. The molecule has 1 aliphatic heterocycles. The summed E-state index contributed by atoms with van der Waals surface area (Å²) in [6, 6.07) is 12.8. The van der Waals surface area contributed by atoms with Gasteiger partial charge in [0.2, 0.25) is 0 Å². The van der Waals surface area contributed by atoms with Crippen LogP contribution in [0.25, 0.3) is 21.8 Å². The van der Waals surface area contributed by atoms with Gasteiger partial charge < -0.3 is 9.30 Å². The number of hydrogen-bond donors (Lipinski definition) is 0. The minimum Gasteiger partial charge on any atom is -0.371 e. The molecule has 2 aromatic carbocycles. The van der Waals surface area contributed by atoms with Crippen molar-refractivity contribution in [1.82, 2.24) is 4.57 Å². The average molecular weight is 381 g/mol. The van der Waals surface area contributed by atoms with E-state index in [1.54, 1.807) is 0 Å². The van der Waals surface area contributed by atoms with E-state index in [1.807, 2.05) is 0 Å². The molecule has 4 heteroatoms. The van der Waals surface area contributed by atoms with Crippen LogP contribution in [0, 0.1) is 0 Å². The number of benzene rings is 2. The van der Waals surface area contributed by atoms with Gasteiger partial charge in [0.05, 0.1) is 24.8 Å². The maximum atomic E-state index is 5.40. The van der Waals surface area contributed by atoms with Crippen LogP contribution >= 0.6 is 31.9 Å². The second-order valence-corrected chi connectivity index (χ2v) is 6.64. The lowest BCUT2D eigenvalue weighted by Gasteiger charge is -2.06. The SMILES string of the molecule is Brc1cc(Br)c2c(c1)c1ccccc1n2CC1CO1. The minimum atomic E-state index is 0.370. The van der Waals surface area contributed by atoms with Crippen molar-refractivity contribution in [2.24, 2.45) is 0 Å². The molecule has 0 amide bonds. The molecule has 19 heavy (non-hydrogen) atoms. The molecule has 1 fully saturated rings. The third-order valence-electron chi connectivity index (χ3n) is 3.57. The Labute approximate surface area is 127 Å². The number of halogens is 2. The zero-order chi connectivity index (χ0) is 13.0. The average Bonchev–Trinajstić information content (AvgIpc) is 3.14. The first-order valence-corrected chi connectivity index (χ1v) is 7.80. The topological polar surface area (TPSA) is 17.5 Å². The van der Waals surface area contributed by atoms with Gasteiger partial charge in [-0.05, 0) is 34.1 Å². The van der Waals surface area contributed by atoms with Crippen LogP contribution in [0.5, 0.6) is 0 Å². The first-order valence-electron chi connectivity index (χ1n) is 6.21. The van der Waals surface area contributed by atoms with E-state index >= 15 is 0 Å². The molecule has 0 spiro atoms. The third-order valence-corrected chi connectivity index (χ3v) is 4.63. The van der Waals surface area contributed by atoms with Crippen LogP contribution < -0.4 is 0 Å². The van der Waals surface area contributed by atoms with Crippen molar-refractivity contribution in [3.8, 4) is 0 Å². The van der Waals surface area contributed by atoms with E-state index in [4.69, 9.17) is 4.74 Å². The van der Waals surface area contributed by atoms with Crippen molar-refractivity contribution < 1.29 is 4.74 Å². The summed E-state index contributed by atoms with van der Waals surface area (Å²) in [6.45, 7) is 1.80. The Kier molecular flexibility index (Phi) is 2.72. The zero-order valence-corrected chi connectivity index (χ0v) is 13.2. The molecular formula is C15H11Br2NO. The van der Waals surface area contributed by atoms with Crippen LogP contribution in [-0.4, -0.2) is 17.3 Å². The Hall–Kier alpha value is -0.840. The van der Waals surface area contributed by atoms with E-state index in [0.29, 0.717) is 6.10 Å². The van der Waals surface area contributed by atoms with Crippen molar-refractivity contribution >= 4 is 53.7 Å². The molecule has 2 nitrogen and oxygen atoms in total. The van der Waals surface area contributed by atoms with Crippen LogP contribution in [0.4, 0.5) is 0 Å².